The largest absolute Gasteiger partial charge is 0.383 e. The fourth-order valence-electron chi connectivity index (χ4n) is 3.23. The van der Waals surface area contributed by atoms with E-state index >= 15 is 0 Å². The number of fused-ring (bicyclic) bond motifs is 3. The molecule has 0 spiro atoms. The summed E-state index contributed by atoms with van der Waals surface area (Å²) in [4.78, 5) is 25.4. The van der Waals surface area contributed by atoms with Crippen LogP contribution in [0, 0.1) is 0 Å². The van der Waals surface area contributed by atoms with E-state index in [1.807, 2.05) is 12.1 Å². The first kappa shape index (κ1) is 17.5. The maximum absolute atomic E-state index is 12.9. The quantitative estimate of drug-likeness (QED) is 0.521. The monoisotopic (exact) mass is 388 g/mol. The highest BCUT2D eigenvalue weighted by molar-refractivity contribution is 6.30. The number of rotatable bonds is 4. The van der Waals surface area contributed by atoms with E-state index in [2.05, 4.69) is 10.2 Å². The van der Waals surface area contributed by atoms with E-state index in [1.54, 1.807) is 35.3 Å². The molecule has 0 aliphatic heterocycles. The van der Waals surface area contributed by atoms with Gasteiger partial charge in [0.2, 0.25) is 5.78 Å². The van der Waals surface area contributed by atoms with Gasteiger partial charge in [0.1, 0.15) is 0 Å². The molecule has 0 unspecified atom stereocenters. The minimum absolute atomic E-state index is 0.372. The molecule has 0 saturated carbocycles. The first-order valence-electron chi connectivity index (χ1n) is 8.24. The van der Waals surface area contributed by atoms with E-state index in [9.17, 15) is 9.59 Å². The first-order chi connectivity index (χ1) is 13.0. The summed E-state index contributed by atoms with van der Waals surface area (Å²) in [6, 6.07) is 7.13. The zero-order chi connectivity index (χ0) is 19.3. The van der Waals surface area contributed by atoms with Crippen molar-refractivity contribution in [1.29, 1.82) is 0 Å². The molecule has 0 aliphatic carbocycles. The molecular weight excluding hydrogens is 372 g/mol. The lowest BCUT2D eigenvalue weighted by molar-refractivity contribution is 0.189. The van der Waals surface area contributed by atoms with Crippen LogP contribution in [0.2, 0.25) is 5.02 Å². The highest BCUT2D eigenvalue weighted by atomic mass is 35.5. The minimum Gasteiger partial charge on any atom is -0.383 e. The van der Waals surface area contributed by atoms with Crippen LogP contribution in [0.5, 0.6) is 0 Å². The Morgan fingerprint density at radius 3 is 2.44 bits per heavy atom. The Balaban J connectivity index is 2.18. The van der Waals surface area contributed by atoms with Crippen LogP contribution in [0.15, 0.2) is 33.9 Å². The van der Waals surface area contributed by atoms with Gasteiger partial charge in [0, 0.05) is 38.3 Å². The van der Waals surface area contributed by atoms with E-state index in [-0.39, 0.29) is 0 Å². The Labute approximate surface area is 158 Å². The number of ether oxygens (including phenoxy) is 1. The number of benzene rings is 1. The van der Waals surface area contributed by atoms with E-state index < -0.39 is 11.2 Å². The van der Waals surface area contributed by atoms with Crippen LogP contribution >= 0.6 is 11.6 Å². The van der Waals surface area contributed by atoms with Gasteiger partial charge in [-0.1, -0.05) is 11.6 Å². The topological polar surface area (TPSA) is 88.3 Å². The summed E-state index contributed by atoms with van der Waals surface area (Å²) in [7, 11) is 4.66. The van der Waals surface area contributed by atoms with Crippen LogP contribution in [0.4, 0.5) is 0 Å². The van der Waals surface area contributed by atoms with Crippen molar-refractivity contribution < 1.29 is 4.74 Å². The summed E-state index contributed by atoms with van der Waals surface area (Å²) in [6.07, 6.45) is 0. The highest BCUT2D eigenvalue weighted by Gasteiger charge is 2.23. The Morgan fingerprint density at radius 2 is 1.78 bits per heavy atom. The zero-order valence-corrected chi connectivity index (χ0v) is 15.8. The van der Waals surface area contributed by atoms with Crippen molar-refractivity contribution in [2.75, 3.05) is 13.7 Å². The smallest absolute Gasteiger partial charge is 0.332 e. The molecule has 9 nitrogen and oxygen atoms in total. The fourth-order valence-corrected chi connectivity index (χ4v) is 3.36. The average Bonchev–Trinajstić information content (AvgIpc) is 3.22. The standard InChI is InChI=1S/C17H17ClN6O3/c1-21-14-12(15(25)22(2)17(21)26)23(8-9-27-3)16-20-19-13(24(14)16)10-4-6-11(18)7-5-10/h4-7H,8-9H2,1-3H3. The highest BCUT2D eigenvalue weighted by Crippen LogP contribution is 2.25. The van der Waals surface area contributed by atoms with Gasteiger partial charge in [-0.05, 0) is 24.3 Å². The van der Waals surface area contributed by atoms with Crippen molar-refractivity contribution in [1.82, 2.24) is 28.3 Å². The summed E-state index contributed by atoms with van der Waals surface area (Å²) < 4.78 is 11.1. The Hall–Kier alpha value is -2.91. The molecular formula is C17H17ClN6O3. The second-order valence-corrected chi connectivity index (χ2v) is 6.62. The second kappa shape index (κ2) is 6.36. The molecule has 1 aromatic carbocycles. The molecule has 140 valence electrons. The van der Waals surface area contributed by atoms with Gasteiger partial charge >= 0.3 is 5.69 Å². The van der Waals surface area contributed by atoms with Crippen LogP contribution in [-0.2, 0) is 25.4 Å². The molecule has 0 N–H and O–H groups in total. The Bertz CT molecular complexity index is 1280. The molecule has 0 radical (unpaired) electrons. The Kier molecular flexibility index (Phi) is 4.12. The van der Waals surface area contributed by atoms with Crippen LogP contribution in [0.3, 0.4) is 0 Å². The maximum Gasteiger partial charge on any atom is 0.332 e. The van der Waals surface area contributed by atoms with E-state index in [4.69, 9.17) is 16.3 Å². The lowest BCUT2D eigenvalue weighted by atomic mass is 10.2. The summed E-state index contributed by atoms with van der Waals surface area (Å²) >= 11 is 5.98. The third-order valence-corrected chi connectivity index (χ3v) is 4.85. The molecule has 0 fully saturated rings. The molecule has 3 heterocycles. The number of imidazole rings is 1. The number of halogens is 1. The van der Waals surface area contributed by atoms with Gasteiger partial charge in [-0.3, -0.25) is 13.9 Å². The van der Waals surface area contributed by atoms with Crippen LogP contribution in [-0.4, -0.2) is 42.0 Å². The van der Waals surface area contributed by atoms with E-state index in [1.165, 1.54) is 11.6 Å². The number of methoxy groups -OCH3 is 1. The molecule has 4 rings (SSSR count). The van der Waals surface area contributed by atoms with Crippen molar-refractivity contribution in [2.24, 2.45) is 14.1 Å². The van der Waals surface area contributed by atoms with Gasteiger partial charge in [-0.25, -0.2) is 9.20 Å². The normalized spacial score (nSPS) is 11.7. The molecule has 0 atom stereocenters. The van der Waals surface area contributed by atoms with Gasteiger partial charge < -0.3 is 9.30 Å². The number of aryl methyl sites for hydroxylation is 1. The third kappa shape index (κ3) is 2.50. The SMILES string of the molecule is COCCn1c2c(=O)n(C)c(=O)n(C)c2n2c(-c3ccc(Cl)cc3)nnc12. The predicted octanol–water partition coefficient (Wildman–Crippen LogP) is 1.05. The van der Waals surface area contributed by atoms with E-state index in [0.717, 1.165) is 10.1 Å². The average molecular weight is 389 g/mol. The van der Waals surface area contributed by atoms with Crippen LogP contribution < -0.4 is 11.2 Å². The Morgan fingerprint density at radius 1 is 1.07 bits per heavy atom. The predicted molar refractivity (Wildman–Crippen MR) is 101 cm³/mol. The van der Waals surface area contributed by atoms with Gasteiger partial charge in [0.15, 0.2) is 17.0 Å². The van der Waals surface area contributed by atoms with Crippen molar-refractivity contribution in [3.8, 4) is 11.4 Å². The van der Waals surface area contributed by atoms with Crippen LogP contribution in [0.1, 0.15) is 0 Å². The summed E-state index contributed by atoms with van der Waals surface area (Å²) in [5.74, 6) is 0.983. The first-order valence-corrected chi connectivity index (χ1v) is 8.61. The number of aromatic nitrogens is 6. The van der Waals surface area contributed by atoms with Gasteiger partial charge in [0.05, 0.1) is 6.61 Å². The molecule has 4 aromatic rings. The molecule has 10 heteroatoms. The molecule has 3 aromatic heterocycles. The lowest BCUT2D eigenvalue weighted by Gasteiger charge is -2.07. The molecule has 27 heavy (non-hydrogen) atoms. The number of nitrogens with zero attached hydrogens (tertiary/aromatic N) is 6. The van der Waals surface area contributed by atoms with Crippen LogP contribution in [0.25, 0.3) is 28.3 Å². The van der Waals surface area contributed by atoms with Gasteiger partial charge in [-0.2, -0.15) is 0 Å². The van der Waals surface area contributed by atoms with E-state index in [0.29, 0.717) is 40.9 Å². The third-order valence-electron chi connectivity index (χ3n) is 4.60. The van der Waals surface area contributed by atoms with Crippen molar-refractivity contribution in [3.63, 3.8) is 0 Å². The minimum atomic E-state index is -0.422. The lowest BCUT2D eigenvalue weighted by Crippen LogP contribution is -2.38. The van der Waals surface area contributed by atoms with Crippen molar-refractivity contribution >= 4 is 28.5 Å². The van der Waals surface area contributed by atoms with Crippen molar-refractivity contribution in [2.45, 2.75) is 6.54 Å². The molecule has 0 bridgehead atoms. The molecule has 0 aliphatic rings. The summed E-state index contributed by atoms with van der Waals surface area (Å²) in [6.45, 7) is 0.782. The second-order valence-electron chi connectivity index (χ2n) is 6.19. The van der Waals surface area contributed by atoms with Crippen molar-refractivity contribution in [3.05, 3.63) is 50.1 Å². The number of hydrogen-bond donors (Lipinski definition) is 0. The zero-order valence-electron chi connectivity index (χ0n) is 15.0. The molecule has 0 saturated heterocycles. The maximum atomic E-state index is 12.9. The number of hydrogen-bond acceptors (Lipinski definition) is 5. The van der Waals surface area contributed by atoms with Gasteiger partial charge in [-0.15, -0.1) is 10.2 Å². The summed E-state index contributed by atoms with van der Waals surface area (Å²) in [5, 5.41) is 9.15. The molecule has 0 amide bonds. The summed E-state index contributed by atoms with van der Waals surface area (Å²) in [5.41, 5.74) is 0.762. The van der Waals surface area contributed by atoms with Gasteiger partial charge in [0.25, 0.3) is 5.56 Å². The fraction of sp³-hybridized carbons (Fsp3) is 0.294.